The molecule has 0 radical (unpaired) electrons. The summed E-state index contributed by atoms with van der Waals surface area (Å²) in [5.41, 5.74) is 2.56. The normalized spacial score (nSPS) is 25.7. The Morgan fingerprint density at radius 2 is 2.53 bits per heavy atom. The van der Waals surface area contributed by atoms with E-state index in [0.717, 1.165) is 26.2 Å². The van der Waals surface area contributed by atoms with Crippen LogP contribution in [0.1, 0.15) is 12.6 Å². The third-order valence-corrected chi connectivity index (χ3v) is 3.78. The van der Waals surface area contributed by atoms with Crippen molar-refractivity contribution in [2.45, 2.75) is 26.1 Å². The van der Waals surface area contributed by atoms with Crippen LogP contribution in [0, 0.1) is 0 Å². The molecule has 2 aliphatic heterocycles. The van der Waals surface area contributed by atoms with Crippen LogP contribution < -0.4 is 14.3 Å². The fourth-order valence-electron chi connectivity index (χ4n) is 2.03. The van der Waals surface area contributed by atoms with Crippen LogP contribution in [0.5, 0.6) is 0 Å². The minimum atomic E-state index is 0.523. The summed E-state index contributed by atoms with van der Waals surface area (Å²) in [6, 6.07) is 0.523. The largest absolute Gasteiger partial charge is 0.307 e. The van der Waals surface area contributed by atoms with Crippen LogP contribution in [0.25, 0.3) is 0 Å². The van der Waals surface area contributed by atoms with Crippen molar-refractivity contribution in [2.75, 3.05) is 17.4 Å². The molecule has 5 nitrogen and oxygen atoms in total. The van der Waals surface area contributed by atoms with Gasteiger partial charge in [0.25, 0.3) is 0 Å². The second kappa shape index (κ2) is 3.70. The molecule has 0 saturated carbocycles. The molecule has 0 unspecified atom stereocenters. The second-order valence-corrected chi connectivity index (χ2v) is 4.94. The summed E-state index contributed by atoms with van der Waals surface area (Å²) < 4.78 is 7.66. The average molecular weight is 225 g/mol. The zero-order valence-electron chi connectivity index (χ0n) is 8.73. The van der Waals surface area contributed by atoms with E-state index in [4.69, 9.17) is 0 Å². The van der Waals surface area contributed by atoms with E-state index in [2.05, 4.69) is 31.0 Å². The van der Waals surface area contributed by atoms with Crippen molar-refractivity contribution in [3.05, 3.63) is 11.9 Å². The number of aromatic nitrogens is 2. The van der Waals surface area contributed by atoms with Crippen molar-refractivity contribution in [2.24, 2.45) is 0 Å². The smallest absolute Gasteiger partial charge is 0.0908 e. The summed E-state index contributed by atoms with van der Waals surface area (Å²) in [7, 11) is 0. The highest BCUT2D eigenvalue weighted by Crippen LogP contribution is 2.28. The van der Waals surface area contributed by atoms with Gasteiger partial charge in [-0.1, -0.05) is 0 Å². The fraction of sp³-hybridized carbons (Fsp3) is 0.667. The molecule has 1 fully saturated rings. The SMILES string of the molecule is C[C@H]1Cn2ncc(N3CCNS3)c2CN1. The molecule has 3 heterocycles. The Kier molecular flexibility index (Phi) is 2.34. The van der Waals surface area contributed by atoms with Gasteiger partial charge in [-0.3, -0.25) is 8.99 Å². The van der Waals surface area contributed by atoms with Crippen molar-refractivity contribution in [1.29, 1.82) is 0 Å². The molecule has 82 valence electrons. The molecule has 15 heavy (non-hydrogen) atoms. The molecule has 1 saturated heterocycles. The second-order valence-electron chi connectivity index (χ2n) is 4.03. The molecule has 2 aliphatic rings. The van der Waals surface area contributed by atoms with Crippen molar-refractivity contribution in [3.8, 4) is 0 Å². The van der Waals surface area contributed by atoms with E-state index in [1.807, 2.05) is 6.20 Å². The Morgan fingerprint density at radius 1 is 1.60 bits per heavy atom. The Hall–Kier alpha value is -0.720. The first-order chi connectivity index (χ1) is 7.34. The van der Waals surface area contributed by atoms with Crippen LogP contribution in [-0.4, -0.2) is 28.9 Å². The van der Waals surface area contributed by atoms with Gasteiger partial charge in [0.05, 0.1) is 24.1 Å². The molecule has 1 aromatic rings. The molecule has 2 N–H and O–H groups in total. The summed E-state index contributed by atoms with van der Waals surface area (Å²) in [6.07, 6.45) is 1.98. The topological polar surface area (TPSA) is 45.1 Å². The van der Waals surface area contributed by atoms with E-state index < -0.39 is 0 Å². The van der Waals surface area contributed by atoms with E-state index in [-0.39, 0.29) is 0 Å². The van der Waals surface area contributed by atoms with E-state index in [9.17, 15) is 0 Å². The standard InChI is InChI=1S/C9H15N5S/c1-7-6-13-8(4-10-7)9(5-11-13)14-3-2-12-15-14/h5,7,10,12H,2-4,6H2,1H3/t7-/m0/s1. The van der Waals surface area contributed by atoms with E-state index in [0.29, 0.717) is 6.04 Å². The number of fused-ring (bicyclic) bond motifs is 1. The summed E-state index contributed by atoms with van der Waals surface area (Å²) in [4.78, 5) is 0. The van der Waals surface area contributed by atoms with Gasteiger partial charge in [-0.05, 0) is 6.92 Å². The molecule has 1 aromatic heterocycles. The first-order valence-corrected chi connectivity index (χ1v) is 6.07. The highest BCUT2D eigenvalue weighted by Gasteiger charge is 2.23. The highest BCUT2D eigenvalue weighted by atomic mass is 32.2. The summed E-state index contributed by atoms with van der Waals surface area (Å²) in [6.45, 7) is 6.18. The van der Waals surface area contributed by atoms with Gasteiger partial charge >= 0.3 is 0 Å². The number of nitrogens with one attached hydrogen (secondary N) is 2. The van der Waals surface area contributed by atoms with Gasteiger partial charge in [-0.15, -0.1) is 0 Å². The molecule has 3 rings (SSSR count). The fourth-order valence-corrected chi connectivity index (χ4v) is 2.80. The van der Waals surface area contributed by atoms with Crippen molar-refractivity contribution in [1.82, 2.24) is 19.8 Å². The molecular formula is C9H15N5S. The number of hydrogen-bond acceptors (Lipinski definition) is 5. The maximum atomic E-state index is 4.45. The predicted octanol–water partition coefficient (Wildman–Crippen LogP) is 0.348. The minimum Gasteiger partial charge on any atom is -0.307 e. The third kappa shape index (κ3) is 1.62. The maximum Gasteiger partial charge on any atom is 0.0908 e. The van der Waals surface area contributed by atoms with E-state index in [1.54, 1.807) is 12.1 Å². The lowest BCUT2D eigenvalue weighted by molar-refractivity contribution is 0.389. The van der Waals surface area contributed by atoms with Crippen LogP contribution in [0.4, 0.5) is 5.69 Å². The van der Waals surface area contributed by atoms with Gasteiger partial charge in [0.15, 0.2) is 0 Å². The Labute approximate surface area is 93.5 Å². The van der Waals surface area contributed by atoms with Gasteiger partial charge in [0.1, 0.15) is 0 Å². The van der Waals surface area contributed by atoms with Crippen LogP contribution in [0.2, 0.25) is 0 Å². The molecule has 0 aliphatic carbocycles. The first kappa shape index (κ1) is 9.50. The highest BCUT2D eigenvalue weighted by molar-refractivity contribution is 7.99. The number of anilines is 1. The van der Waals surface area contributed by atoms with Gasteiger partial charge in [-0.25, -0.2) is 4.72 Å². The van der Waals surface area contributed by atoms with Crippen molar-refractivity contribution < 1.29 is 0 Å². The van der Waals surface area contributed by atoms with E-state index in [1.165, 1.54) is 11.4 Å². The molecule has 6 heteroatoms. The summed E-state index contributed by atoms with van der Waals surface area (Å²) >= 11 is 1.68. The Bertz CT molecular complexity index is 357. The summed E-state index contributed by atoms with van der Waals surface area (Å²) in [5, 5.41) is 7.92. The summed E-state index contributed by atoms with van der Waals surface area (Å²) in [5.74, 6) is 0. The van der Waals surface area contributed by atoms with Crippen LogP contribution >= 0.6 is 12.1 Å². The number of hydrogen-bond donors (Lipinski definition) is 2. The third-order valence-electron chi connectivity index (χ3n) is 2.85. The van der Waals surface area contributed by atoms with Gasteiger partial charge in [0, 0.05) is 37.8 Å². The molecule has 0 spiro atoms. The van der Waals surface area contributed by atoms with Crippen molar-refractivity contribution >= 4 is 17.8 Å². The maximum absolute atomic E-state index is 4.45. The Morgan fingerprint density at radius 3 is 3.33 bits per heavy atom. The first-order valence-electron chi connectivity index (χ1n) is 5.30. The molecule has 0 amide bonds. The lowest BCUT2D eigenvalue weighted by Gasteiger charge is -2.24. The van der Waals surface area contributed by atoms with Gasteiger partial charge in [0.2, 0.25) is 0 Å². The number of nitrogens with zero attached hydrogens (tertiary/aromatic N) is 3. The minimum absolute atomic E-state index is 0.523. The average Bonchev–Trinajstić information content (AvgIpc) is 2.82. The van der Waals surface area contributed by atoms with E-state index >= 15 is 0 Å². The zero-order valence-corrected chi connectivity index (χ0v) is 9.55. The molecule has 0 aromatic carbocycles. The molecule has 1 atom stereocenters. The lowest BCUT2D eigenvalue weighted by atomic mass is 10.2. The molecule has 0 bridgehead atoms. The van der Waals surface area contributed by atoms with Crippen LogP contribution in [-0.2, 0) is 13.1 Å². The van der Waals surface area contributed by atoms with Crippen molar-refractivity contribution in [3.63, 3.8) is 0 Å². The monoisotopic (exact) mass is 225 g/mol. The molecular weight excluding hydrogens is 210 g/mol. The lowest BCUT2D eigenvalue weighted by Crippen LogP contribution is -2.37. The quantitative estimate of drug-likeness (QED) is 0.675. The zero-order chi connectivity index (χ0) is 10.3. The van der Waals surface area contributed by atoms with Gasteiger partial charge < -0.3 is 5.32 Å². The Balaban J connectivity index is 1.90. The van der Waals surface area contributed by atoms with Crippen LogP contribution in [0.15, 0.2) is 6.20 Å². The number of rotatable bonds is 1. The predicted molar refractivity (Wildman–Crippen MR) is 61.5 cm³/mol. The van der Waals surface area contributed by atoms with Crippen LogP contribution in [0.3, 0.4) is 0 Å². The van der Waals surface area contributed by atoms with Gasteiger partial charge in [-0.2, -0.15) is 5.10 Å².